The Hall–Kier alpha value is -1.82. The van der Waals surface area contributed by atoms with E-state index in [0.717, 1.165) is 13.0 Å². The van der Waals surface area contributed by atoms with Crippen molar-refractivity contribution in [2.45, 2.75) is 13.3 Å². The molecular weight excluding hydrogens is 262 g/mol. The molecule has 0 saturated heterocycles. The summed E-state index contributed by atoms with van der Waals surface area (Å²) in [5.41, 5.74) is 0.837. The lowest BCUT2D eigenvalue weighted by Crippen LogP contribution is -2.24. The van der Waals surface area contributed by atoms with Crippen molar-refractivity contribution in [1.82, 2.24) is 9.78 Å². The molecule has 0 spiro atoms. The largest absolute Gasteiger partial charge is 0.477 e. The number of carboxylic acid groups (broad SMARTS) is 1. The number of carboxylic acids is 1. The summed E-state index contributed by atoms with van der Waals surface area (Å²) < 4.78 is 1.63. The minimum Gasteiger partial charge on any atom is -0.477 e. The lowest BCUT2D eigenvalue weighted by molar-refractivity contribution is 0.0697. The standard InChI is InChI=1S/C13H17N3O2S/c1-9-11(13(17)18)12(16(3)14-9)15(2)7-6-10-5-4-8-19-10/h4-5,8H,6-7H2,1-3H3,(H,17,18). The van der Waals surface area contributed by atoms with Gasteiger partial charge in [0, 0.05) is 25.5 Å². The first-order chi connectivity index (χ1) is 9.00. The highest BCUT2D eigenvalue weighted by Gasteiger charge is 2.22. The van der Waals surface area contributed by atoms with Gasteiger partial charge in [-0.1, -0.05) is 6.07 Å². The number of likely N-dealkylation sites (N-methyl/N-ethyl adjacent to an activating group) is 1. The quantitative estimate of drug-likeness (QED) is 0.911. The first-order valence-electron chi connectivity index (χ1n) is 6.01. The Morgan fingerprint density at radius 1 is 1.58 bits per heavy atom. The summed E-state index contributed by atoms with van der Waals surface area (Å²) in [7, 11) is 3.67. The molecule has 2 aromatic rings. The Morgan fingerprint density at radius 2 is 2.32 bits per heavy atom. The summed E-state index contributed by atoms with van der Waals surface area (Å²) in [5.74, 6) is -0.273. The second-order valence-electron chi connectivity index (χ2n) is 4.46. The third kappa shape index (κ3) is 2.78. The average molecular weight is 279 g/mol. The fraction of sp³-hybridized carbons (Fsp3) is 0.385. The number of rotatable bonds is 5. The number of carbonyl (C=O) groups is 1. The Balaban J connectivity index is 2.18. The van der Waals surface area contributed by atoms with E-state index < -0.39 is 5.97 Å². The molecule has 2 rings (SSSR count). The summed E-state index contributed by atoms with van der Waals surface area (Å²) in [6, 6.07) is 4.11. The lowest BCUT2D eigenvalue weighted by Gasteiger charge is -2.19. The van der Waals surface area contributed by atoms with E-state index in [1.165, 1.54) is 4.88 Å². The van der Waals surface area contributed by atoms with Crippen LogP contribution in [-0.2, 0) is 13.5 Å². The molecule has 0 radical (unpaired) electrons. The van der Waals surface area contributed by atoms with Gasteiger partial charge in [0.2, 0.25) is 0 Å². The van der Waals surface area contributed by atoms with Gasteiger partial charge in [0.15, 0.2) is 0 Å². The van der Waals surface area contributed by atoms with Crippen LogP contribution >= 0.6 is 11.3 Å². The maximum atomic E-state index is 11.3. The van der Waals surface area contributed by atoms with E-state index >= 15 is 0 Å². The van der Waals surface area contributed by atoms with Crippen LogP contribution in [0.4, 0.5) is 5.82 Å². The van der Waals surface area contributed by atoms with Gasteiger partial charge < -0.3 is 10.0 Å². The van der Waals surface area contributed by atoms with Crippen molar-refractivity contribution in [3.8, 4) is 0 Å². The molecule has 0 fully saturated rings. The summed E-state index contributed by atoms with van der Waals surface area (Å²) in [6.45, 7) is 2.49. The van der Waals surface area contributed by atoms with Gasteiger partial charge >= 0.3 is 5.97 Å². The minimum atomic E-state index is -0.927. The van der Waals surface area contributed by atoms with Crippen molar-refractivity contribution < 1.29 is 9.90 Å². The van der Waals surface area contributed by atoms with Crippen molar-refractivity contribution in [2.24, 2.45) is 7.05 Å². The van der Waals surface area contributed by atoms with Gasteiger partial charge in [0.1, 0.15) is 11.4 Å². The highest BCUT2D eigenvalue weighted by atomic mass is 32.1. The van der Waals surface area contributed by atoms with E-state index in [4.69, 9.17) is 0 Å². The van der Waals surface area contributed by atoms with Gasteiger partial charge in [0.05, 0.1) is 5.69 Å². The van der Waals surface area contributed by atoms with E-state index in [1.807, 2.05) is 23.4 Å². The molecule has 2 heterocycles. The molecule has 0 atom stereocenters. The van der Waals surface area contributed by atoms with Crippen LogP contribution in [0.5, 0.6) is 0 Å². The zero-order valence-electron chi connectivity index (χ0n) is 11.3. The number of hydrogen-bond acceptors (Lipinski definition) is 4. The Morgan fingerprint density at radius 3 is 2.89 bits per heavy atom. The van der Waals surface area contributed by atoms with Gasteiger partial charge in [-0.3, -0.25) is 4.68 Å². The third-order valence-corrected chi connectivity index (χ3v) is 3.98. The second-order valence-corrected chi connectivity index (χ2v) is 5.50. The van der Waals surface area contributed by atoms with Crippen LogP contribution < -0.4 is 4.90 Å². The van der Waals surface area contributed by atoms with E-state index in [1.54, 1.807) is 30.0 Å². The van der Waals surface area contributed by atoms with Gasteiger partial charge in [-0.05, 0) is 24.8 Å². The maximum Gasteiger partial charge on any atom is 0.341 e. The second kappa shape index (κ2) is 5.44. The summed E-state index contributed by atoms with van der Waals surface area (Å²) in [4.78, 5) is 14.6. The molecule has 0 amide bonds. The molecule has 0 bridgehead atoms. The summed E-state index contributed by atoms with van der Waals surface area (Å²) in [6.07, 6.45) is 0.900. The molecule has 1 N–H and O–H groups in total. The number of hydrogen-bond donors (Lipinski definition) is 1. The molecule has 0 aliphatic carbocycles. The average Bonchev–Trinajstić information content (AvgIpc) is 2.93. The number of aryl methyl sites for hydroxylation is 2. The molecule has 0 saturated carbocycles. The molecule has 0 aliphatic heterocycles. The molecule has 102 valence electrons. The van der Waals surface area contributed by atoms with Crippen LogP contribution in [0.3, 0.4) is 0 Å². The van der Waals surface area contributed by atoms with Crippen LogP contribution in [0.15, 0.2) is 17.5 Å². The van der Waals surface area contributed by atoms with Gasteiger partial charge in [-0.25, -0.2) is 4.79 Å². The molecule has 6 heteroatoms. The number of anilines is 1. The number of nitrogens with zero attached hydrogens (tertiary/aromatic N) is 3. The van der Waals surface area contributed by atoms with E-state index in [-0.39, 0.29) is 5.56 Å². The number of thiophene rings is 1. The van der Waals surface area contributed by atoms with Crippen molar-refractivity contribution in [2.75, 3.05) is 18.5 Å². The predicted molar refractivity (Wildman–Crippen MR) is 76.2 cm³/mol. The molecular formula is C13H17N3O2S. The van der Waals surface area contributed by atoms with E-state index in [0.29, 0.717) is 11.5 Å². The molecule has 5 nitrogen and oxygen atoms in total. The molecule has 19 heavy (non-hydrogen) atoms. The number of aromatic nitrogens is 2. The van der Waals surface area contributed by atoms with Crippen molar-refractivity contribution in [3.05, 3.63) is 33.6 Å². The zero-order valence-corrected chi connectivity index (χ0v) is 12.1. The minimum absolute atomic E-state index is 0.288. The van der Waals surface area contributed by atoms with Gasteiger partial charge in [-0.2, -0.15) is 5.10 Å². The fourth-order valence-electron chi connectivity index (χ4n) is 2.17. The van der Waals surface area contributed by atoms with E-state index in [9.17, 15) is 9.90 Å². The highest BCUT2D eigenvalue weighted by Crippen LogP contribution is 2.22. The Bertz CT molecular complexity index is 575. The smallest absolute Gasteiger partial charge is 0.341 e. The monoisotopic (exact) mass is 279 g/mol. The van der Waals surface area contributed by atoms with Crippen LogP contribution in [0.2, 0.25) is 0 Å². The Labute approximate surface area is 116 Å². The maximum absolute atomic E-state index is 11.3. The zero-order chi connectivity index (χ0) is 14.0. The molecule has 0 aliphatic rings. The number of aromatic carboxylic acids is 1. The Kier molecular flexibility index (Phi) is 3.90. The highest BCUT2D eigenvalue weighted by molar-refractivity contribution is 7.09. The van der Waals surface area contributed by atoms with Gasteiger partial charge in [0.25, 0.3) is 0 Å². The molecule has 0 unspecified atom stereocenters. The predicted octanol–water partition coefficient (Wildman–Crippen LogP) is 2.17. The molecule has 2 aromatic heterocycles. The van der Waals surface area contributed by atoms with Crippen molar-refractivity contribution in [1.29, 1.82) is 0 Å². The lowest BCUT2D eigenvalue weighted by atomic mass is 10.2. The first-order valence-corrected chi connectivity index (χ1v) is 6.89. The summed E-state index contributed by atoms with van der Waals surface area (Å²) >= 11 is 1.71. The molecule has 0 aromatic carbocycles. The normalized spacial score (nSPS) is 10.7. The van der Waals surface area contributed by atoms with Crippen LogP contribution in [0, 0.1) is 6.92 Å². The fourth-order valence-corrected chi connectivity index (χ4v) is 2.87. The van der Waals surface area contributed by atoms with Crippen molar-refractivity contribution >= 4 is 23.1 Å². The van der Waals surface area contributed by atoms with Crippen molar-refractivity contribution in [3.63, 3.8) is 0 Å². The van der Waals surface area contributed by atoms with Crippen LogP contribution in [0.1, 0.15) is 20.9 Å². The van der Waals surface area contributed by atoms with Crippen LogP contribution in [0.25, 0.3) is 0 Å². The van der Waals surface area contributed by atoms with Crippen LogP contribution in [-0.4, -0.2) is 34.4 Å². The third-order valence-electron chi connectivity index (χ3n) is 3.04. The van der Waals surface area contributed by atoms with E-state index in [2.05, 4.69) is 11.2 Å². The first kappa shape index (κ1) is 13.6. The topological polar surface area (TPSA) is 58.4 Å². The SMILES string of the molecule is Cc1nn(C)c(N(C)CCc2cccs2)c1C(=O)O. The van der Waals surface area contributed by atoms with Gasteiger partial charge in [-0.15, -0.1) is 11.3 Å². The summed E-state index contributed by atoms with van der Waals surface area (Å²) in [5, 5.41) is 15.5.